The van der Waals surface area contributed by atoms with E-state index in [1.807, 2.05) is 37.3 Å². The molecule has 1 atom stereocenters. The number of carboxylic acids is 1. The van der Waals surface area contributed by atoms with Gasteiger partial charge in [0.05, 0.1) is 24.2 Å². The maximum absolute atomic E-state index is 12.1. The molecule has 116 valence electrons. The van der Waals surface area contributed by atoms with Crippen molar-refractivity contribution in [2.24, 2.45) is 5.92 Å². The van der Waals surface area contributed by atoms with E-state index < -0.39 is 11.9 Å². The van der Waals surface area contributed by atoms with Crippen LogP contribution in [0.5, 0.6) is 0 Å². The molecule has 0 radical (unpaired) electrons. The fourth-order valence-electron chi connectivity index (χ4n) is 2.01. The molecule has 0 aliphatic carbocycles. The van der Waals surface area contributed by atoms with E-state index in [0.717, 1.165) is 11.3 Å². The smallest absolute Gasteiger partial charge is 0.308 e. The number of amides is 1. The van der Waals surface area contributed by atoms with Gasteiger partial charge in [0.1, 0.15) is 0 Å². The summed E-state index contributed by atoms with van der Waals surface area (Å²) in [5, 5.41) is 15.7. The average Bonchev–Trinajstić information content (AvgIpc) is 2.86. The summed E-state index contributed by atoms with van der Waals surface area (Å²) in [4.78, 5) is 22.9. The molecule has 0 aliphatic rings. The topological polar surface area (TPSA) is 84.2 Å². The van der Waals surface area contributed by atoms with Crippen molar-refractivity contribution in [3.63, 3.8) is 0 Å². The van der Waals surface area contributed by atoms with E-state index in [2.05, 4.69) is 10.4 Å². The van der Waals surface area contributed by atoms with Gasteiger partial charge in [-0.05, 0) is 12.5 Å². The molecule has 0 saturated heterocycles. The summed E-state index contributed by atoms with van der Waals surface area (Å²) in [6.45, 7) is 4.06. The van der Waals surface area contributed by atoms with Crippen molar-refractivity contribution in [1.29, 1.82) is 0 Å². The van der Waals surface area contributed by atoms with Crippen LogP contribution in [0.4, 0.5) is 0 Å². The van der Waals surface area contributed by atoms with Crippen molar-refractivity contribution >= 4 is 11.9 Å². The van der Waals surface area contributed by atoms with Crippen molar-refractivity contribution < 1.29 is 14.7 Å². The Kier molecular flexibility index (Phi) is 4.93. The molecule has 0 bridgehead atoms. The SMILES string of the molecule is Cc1c(C(=O)NC[C@H](C)C(=O)O)cnn1Cc1ccccc1. The second-order valence-electron chi connectivity index (χ2n) is 5.24. The maximum Gasteiger partial charge on any atom is 0.308 e. The Bertz CT molecular complexity index is 665. The first-order valence-corrected chi connectivity index (χ1v) is 7.06. The van der Waals surface area contributed by atoms with Gasteiger partial charge in [0.25, 0.3) is 5.91 Å². The molecule has 2 N–H and O–H groups in total. The predicted molar refractivity (Wildman–Crippen MR) is 81.6 cm³/mol. The van der Waals surface area contributed by atoms with Gasteiger partial charge in [-0.25, -0.2) is 0 Å². The third-order valence-corrected chi connectivity index (χ3v) is 3.51. The highest BCUT2D eigenvalue weighted by Crippen LogP contribution is 2.10. The molecular weight excluding hydrogens is 282 g/mol. The Morgan fingerprint density at radius 1 is 1.32 bits per heavy atom. The normalized spacial score (nSPS) is 11.9. The molecule has 22 heavy (non-hydrogen) atoms. The lowest BCUT2D eigenvalue weighted by Gasteiger charge is -2.09. The maximum atomic E-state index is 12.1. The average molecular weight is 301 g/mol. The van der Waals surface area contributed by atoms with Gasteiger partial charge in [0.15, 0.2) is 0 Å². The Hall–Kier alpha value is -2.63. The van der Waals surface area contributed by atoms with Gasteiger partial charge in [0, 0.05) is 12.2 Å². The number of carbonyl (C=O) groups is 2. The van der Waals surface area contributed by atoms with Gasteiger partial charge < -0.3 is 10.4 Å². The number of aromatic nitrogens is 2. The molecule has 1 heterocycles. The first-order valence-electron chi connectivity index (χ1n) is 7.06. The highest BCUT2D eigenvalue weighted by molar-refractivity contribution is 5.95. The second kappa shape index (κ2) is 6.89. The zero-order valence-corrected chi connectivity index (χ0v) is 12.6. The van der Waals surface area contributed by atoms with Crippen LogP contribution in [0.15, 0.2) is 36.5 Å². The molecule has 0 aliphatic heterocycles. The van der Waals surface area contributed by atoms with Crippen LogP contribution in [0.1, 0.15) is 28.5 Å². The molecule has 0 saturated carbocycles. The van der Waals surface area contributed by atoms with Crippen molar-refractivity contribution in [2.75, 3.05) is 6.54 Å². The van der Waals surface area contributed by atoms with Gasteiger partial charge in [0.2, 0.25) is 0 Å². The van der Waals surface area contributed by atoms with Crippen molar-refractivity contribution in [2.45, 2.75) is 20.4 Å². The molecule has 6 heteroatoms. The summed E-state index contributed by atoms with van der Waals surface area (Å²) < 4.78 is 1.75. The van der Waals surface area contributed by atoms with Gasteiger partial charge >= 0.3 is 5.97 Å². The Labute approximate surface area is 128 Å². The highest BCUT2D eigenvalue weighted by Gasteiger charge is 2.17. The fourth-order valence-corrected chi connectivity index (χ4v) is 2.01. The van der Waals surface area contributed by atoms with Gasteiger partial charge in [-0.2, -0.15) is 5.10 Å². The minimum atomic E-state index is -0.934. The molecule has 1 amide bonds. The lowest BCUT2D eigenvalue weighted by molar-refractivity contribution is -0.140. The standard InChI is InChI=1S/C16H19N3O3/c1-11(16(21)22)8-17-15(20)14-9-18-19(12(14)2)10-13-6-4-3-5-7-13/h3-7,9,11H,8,10H2,1-2H3,(H,17,20)(H,21,22)/t11-/m0/s1. The van der Waals surface area contributed by atoms with Crippen molar-refractivity contribution in [3.8, 4) is 0 Å². The van der Waals surface area contributed by atoms with E-state index in [1.54, 1.807) is 11.6 Å². The summed E-state index contributed by atoms with van der Waals surface area (Å²) in [5.74, 6) is -1.86. The number of carbonyl (C=O) groups excluding carboxylic acids is 1. The van der Waals surface area contributed by atoms with Gasteiger partial charge in [-0.1, -0.05) is 37.3 Å². The number of hydrogen-bond donors (Lipinski definition) is 2. The quantitative estimate of drug-likeness (QED) is 0.850. The number of nitrogens with one attached hydrogen (secondary N) is 1. The molecule has 2 rings (SSSR count). The summed E-state index contributed by atoms with van der Waals surface area (Å²) in [6, 6.07) is 9.84. The Balaban J connectivity index is 2.04. The van der Waals surface area contributed by atoms with Crippen molar-refractivity contribution in [3.05, 3.63) is 53.3 Å². The number of rotatable bonds is 6. The second-order valence-corrected chi connectivity index (χ2v) is 5.24. The molecule has 1 aromatic carbocycles. The van der Waals surface area contributed by atoms with Crippen LogP contribution in [-0.4, -0.2) is 33.3 Å². The van der Waals surface area contributed by atoms with E-state index in [0.29, 0.717) is 12.1 Å². The third kappa shape index (κ3) is 3.72. The number of carboxylic acid groups (broad SMARTS) is 1. The first-order chi connectivity index (χ1) is 10.5. The van der Waals surface area contributed by atoms with E-state index in [-0.39, 0.29) is 12.5 Å². The number of nitrogens with zero attached hydrogens (tertiary/aromatic N) is 2. The number of hydrogen-bond acceptors (Lipinski definition) is 3. The molecule has 6 nitrogen and oxygen atoms in total. The van der Waals surface area contributed by atoms with E-state index in [9.17, 15) is 9.59 Å². The van der Waals surface area contributed by atoms with Gasteiger partial charge in [-0.3, -0.25) is 14.3 Å². The van der Waals surface area contributed by atoms with Crippen LogP contribution in [0.2, 0.25) is 0 Å². The Morgan fingerprint density at radius 2 is 2.00 bits per heavy atom. The van der Waals surface area contributed by atoms with Crippen LogP contribution in [0, 0.1) is 12.8 Å². The zero-order valence-electron chi connectivity index (χ0n) is 12.6. The summed E-state index contributed by atoms with van der Waals surface area (Å²) in [7, 11) is 0. The number of aliphatic carboxylic acids is 1. The lowest BCUT2D eigenvalue weighted by Crippen LogP contribution is -2.31. The predicted octanol–water partition coefficient (Wildman–Crippen LogP) is 1.69. The lowest BCUT2D eigenvalue weighted by atomic mass is 10.1. The highest BCUT2D eigenvalue weighted by atomic mass is 16.4. The monoisotopic (exact) mass is 301 g/mol. The summed E-state index contributed by atoms with van der Waals surface area (Å²) in [5.41, 5.74) is 2.32. The van der Waals surface area contributed by atoms with E-state index >= 15 is 0 Å². The summed E-state index contributed by atoms with van der Waals surface area (Å²) in [6.07, 6.45) is 1.51. The van der Waals surface area contributed by atoms with Gasteiger partial charge in [-0.15, -0.1) is 0 Å². The Morgan fingerprint density at radius 3 is 2.64 bits per heavy atom. The molecule has 0 spiro atoms. The summed E-state index contributed by atoms with van der Waals surface area (Å²) >= 11 is 0. The molecule has 1 aromatic heterocycles. The van der Waals surface area contributed by atoms with E-state index in [4.69, 9.17) is 5.11 Å². The largest absolute Gasteiger partial charge is 0.481 e. The molecular formula is C16H19N3O3. The minimum Gasteiger partial charge on any atom is -0.481 e. The molecule has 0 fully saturated rings. The van der Waals surface area contributed by atoms with Crippen LogP contribution in [0.3, 0.4) is 0 Å². The van der Waals surface area contributed by atoms with E-state index in [1.165, 1.54) is 6.20 Å². The fraction of sp³-hybridized carbons (Fsp3) is 0.312. The van der Waals surface area contributed by atoms with Crippen molar-refractivity contribution in [1.82, 2.24) is 15.1 Å². The van der Waals surface area contributed by atoms with Crippen LogP contribution >= 0.6 is 0 Å². The third-order valence-electron chi connectivity index (χ3n) is 3.51. The molecule has 0 unspecified atom stereocenters. The minimum absolute atomic E-state index is 0.0947. The van der Waals surface area contributed by atoms with Crippen LogP contribution in [0.25, 0.3) is 0 Å². The number of benzene rings is 1. The zero-order chi connectivity index (χ0) is 16.1. The first kappa shape index (κ1) is 15.8. The van der Waals surface area contributed by atoms with Crippen LogP contribution in [-0.2, 0) is 11.3 Å². The van der Waals surface area contributed by atoms with Crippen LogP contribution < -0.4 is 5.32 Å². The molecule has 2 aromatic rings.